The van der Waals surface area contributed by atoms with Crippen LogP contribution >= 0.6 is 11.8 Å². The number of carbonyl (C=O) groups excluding carboxylic acids is 1. The third kappa shape index (κ3) is 1.64. The molecule has 2 aliphatic rings. The van der Waals surface area contributed by atoms with Crippen molar-refractivity contribution in [3.05, 3.63) is 0 Å². The van der Waals surface area contributed by atoms with Crippen LogP contribution in [0.5, 0.6) is 0 Å². The number of hydrogen-bond acceptors (Lipinski definition) is 5. The van der Waals surface area contributed by atoms with Gasteiger partial charge in [0.2, 0.25) is 0 Å². The molecule has 0 amide bonds. The molecule has 3 unspecified atom stereocenters. The number of hydrogen-bond donors (Lipinski definition) is 0. The van der Waals surface area contributed by atoms with Gasteiger partial charge in [-0.2, -0.15) is 0 Å². The fraction of sp³-hybridized carbons (Fsp3) is 0.889. The maximum atomic E-state index is 10.9. The minimum atomic E-state index is -0.504. The predicted octanol–water partition coefficient (Wildman–Crippen LogP) is 1.14. The molecule has 0 aromatic carbocycles. The molecule has 0 aromatic heterocycles. The number of thioether (sulfide) groups is 1. The minimum absolute atomic E-state index is 0.254. The zero-order chi connectivity index (χ0) is 10.4. The highest BCUT2D eigenvalue weighted by Gasteiger charge is 2.55. The van der Waals surface area contributed by atoms with Gasteiger partial charge in [-0.1, -0.05) is 0 Å². The van der Waals surface area contributed by atoms with Gasteiger partial charge < -0.3 is 14.2 Å². The Morgan fingerprint density at radius 3 is 2.93 bits per heavy atom. The number of esters is 1. The van der Waals surface area contributed by atoms with Crippen LogP contribution in [-0.4, -0.2) is 35.2 Å². The summed E-state index contributed by atoms with van der Waals surface area (Å²) in [4.78, 5) is 10.9. The quantitative estimate of drug-likeness (QED) is 0.618. The molecule has 0 radical (unpaired) electrons. The molecule has 0 N–H and O–H groups in total. The van der Waals surface area contributed by atoms with Crippen molar-refractivity contribution in [3.8, 4) is 0 Å². The van der Waals surface area contributed by atoms with Crippen molar-refractivity contribution in [1.82, 2.24) is 0 Å². The summed E-state index contributed by atoms with van der Waals surface area (Å²) in [5, 5.41) is 0. The van der Waals surface area contributed by atoms with E-state index < -0.39 is 11.4 Å². The summed E-state index contributed by atoms with van der Waals surface area (Å²) in [6.45, 7) is 5.72. The lowest BCUT2D eigenvalue weighted by molar-refractivity contribution is -0.184. The predicted molar refractivity (Wildman–Crippen MR) is 51.9 cm³/mol. The summed E-state index contributed by atoms with van der Waals surface area (Å²) in [5.74, 6) is -0.0841. The lowest BCUT2D eigenvalue weighted by atomic mass is 10.1. The van der Waals surface area contributed by atoms with Gasteiger partial charge in [0.1, 0.15) is 5.60 Å². The smallest absolute Gasteiger partial charge is 0.303 e. The molecule has 0 spiro atoms. The van der Waals surface area contributed by atoms with Crippen LogP contribution in [0.15, 0.2) is 0 Å². The largest absolute Gasteiger partial charge is 0.448 e. The SMILES string of the molecule is CC(=O)OC1SCC2(C)OCC1(C)O2. The second kappa shape index (κ2) is 3.12. The monoisotopic (exact) mass is 218 g/mol. The summed E-state index contributed by atoms with van der Waals surface area (Å²) in [6, 6.07) is 0. The first kappa shape index (κ1) is 10.3. The molecule has 0 aliphatic carbocycles. The second-order valence-electron chi connectivity index (χ2n) is 4.09. The van der Waals surface area contributed by atoms with Gasteiger partial charge in [-0.3, -0.25) is 4.79 Å². The molecule has 2 fully saturated rings. The Bertz CT molecular complexity index is 270. The molecule has 0 saturated carbocycles. The van der Waals surface area contributed by atoms with E-state index in [4.69, 9.17) is 14.2 Å². The first-order valence-corrected chi connectivity index (χ1v) is 5.61. The Morgan fingerprint density at radius 1 is 1.57 bits per heavy atom. The third-order valence-corrected chi connectivity index (χ3v) is 3.97. The normalized spacial score (nSPS) is 46.4. The Kier molecular flexibility index (Phi) is 2.28. The zero-order valence-corrected chi connectivity index (χ0v) is 9.35. The molecule has 2 aliphatic heterocycles. The topological polar surface area (TPSA) is 44.8 Å². The molecule has 2 heterocycles. The van der Waals surface area contributed by atoms with Crippen LogP contribution in [0.3, 0.4) is 0 Å². The van der Waals surface area contributed by atoms with Gasteiger partial charge in [0, 0.05) is 6.92 Å². The number of ether oxygens (including phenoxy) is 3. The maximum Gasteiger partial charge on any atom is 0.303 e. The Morgan fingerprint density at radius 2 is 2.29 bits per heavy atom. The van der Waals surface area contributed by atoms with Crippen LogP contribution in [0.4, 0.5) is 0 Å². The van der Waals surface area contributed by atoms with E-state index in [0.29, 0.717) is 12.4 Å². The number of carbonyl (C=O) groups is 1. The molecule has 0 aromatic rings. The third-order valence-electron chi connectivity index (χ3n) is 2.38. The highest BCUT2D eigenvalue weighted by atomic mass is 32.2. The van der Waals surface area contributed by atoms with Crippen LogP contribution in [0.25, 0.3) is 0 Å². The van der Waals surface area contributed by atoms with E-state index in [1.54, 1.807) is 11.8 Å². The Hall–Kier alpha value is -0.260. The van der Waals surface area contributed by atoms with Gasteiger partial charge >= 0.3 is 5.97 Å². The van der Waals surface area contributed by atoms with Gasteiger partial charge in [0.05, 0.1) is 12.4 Å². The van der Waals surface area contributed by atoms with Crippen molar-refractivity contribution in [2.75, 3.05) is 12.4 Å². The minimum Gasteiger partial charge on any atom is -0.448 e. The summed E-state index contributed by atoms with van der Waals surface area (Å²) in [5.41, 5.74) is -0.751. The van der Waals surface area contributed by atoms with Crippen LogP contribution in [0, 0.1) is 0 Å². The molecular formula is C9H14O4S. The lowest BCUT2D eigenvalue weighted by Crippen LogP contribution is -2.49. The van der Waals surface area contributed by atoms with Crippen LogP contribution < -0.4 is 0 Å². The van der Waals surface area contributed by atoms with Crippen molar-refractivity contribution in [3.63, 3.8) is 0 Å². The van der Waals surface area contributed by atoms with E-state index >= 15 is 0 Å². The maximum absolute atomic E-state index is 10.9. The van der Waals surface area contributed by atoms with E-state index in [1.165, 1.54) is 6.92 Å². The molecular weight excluding hydrogens is 204 g/mol. The fourth-order valence-corrected chi connectivity index (χ4v) is 3.02. The summed E-state index contributed by atoms with van der Waals surface area (Å²) in [7, 11) is 0. The molecule has 2 saturated heterocycles. The fourth-order valence-electron chi connectivity index (χ4n) is 1.75. The second-order valence-corrected chi connectivity index (χ2v) is 5.14. The summed E-state index contributed by atoms with van der Waals surface area (Å²) >= 11 is 1.57. The van der Waals surface area contributed by atoms with Gasteiger partial charge in [-0.05, 0) is 13.8 Å². The van der Waals surface area contributed by atoms with E-state index in [2.05, 4.69) is 0 Å². The van der Waals surface area contributed by atoms with Crippen molar-refractivity contribution in [2.24, 2.45) is 0 Å². The number of rotatable bonds is 1. The van der Waals surface area contributed by atoms with Crippen molar-refractivity contribution >= 4 is 17.7 Å². The van der Waals surface area contributed by atoms with Crippen molar-refractivity contribution in [2.45, 2.75) is 37.6 Å². The van der Waals surface area contributed by atoms with E-state index in [-0.39, 0.29) is 11.4 Å². The Labute approximate surface area is 87.3 Å². The van der Waals surface area contributed by atoms with E-state index in [9.17, 15) is 4.79 Å². The van der Waals surface area contributed by atoms with Gasteiger partial charge in [0.15, 0.2) is 11.2 Å². The zero-order valence-electron chi connectivity index (χ0n) is 8.53. The first-order chi connectivity index (χ1) is 6.44. The lowest BCUT2D eigenvalue weighted by Gasteiger charge is -2.38. The van der Waals surface area contributed by atoms with Gasteiger partial charge in [0.25, 0.3) is 0 Å². The standard InChI is InChI=1S/C9H14O4S/c1-6(10)12-7-8(2)4-11-9(3,13-8)5-14-7/h7H,4-5H2,1-3H3. The summed E-state index contributed by atoms with van der Waals surface area (Å²) in [6.07, 6.45) is 0. The van der Waals surface area contributed by atoms with E-state index in [0.717, 1.165) is 0 Å². The van der Waals surface area contributed by atoms with Crippen LogP contribution in [0.2, 0.25) is 0 Å². The molecule has 5 heteroatoms. The average molecular weight is 218 g/mol. The molecule has 4 nitrogen and oxygen atoms in total. The molecule has 80 valence electrons. The molecule has 14 heavy (non-hydrogen) atoms. The van der Waals surface area contributed by atoms with E-state index in [1.807, 2.05) is 13.8 Å². The van der Waals surface area contributed by atoms with Crippen molar-refractivity contribution in [1.29, 1.82) is 0 Å². The average Bonchev–Trinajstić information content (AvgIpc) is 2.32. The molecule has 2 rings (SSSR count). The van der Waals surface area contributed by atoms with Gasteiger partial charge in [-0.25, -0.2) is 0 Å². The number of fused-ring (bicyclic) bond motifs is 2. The molecule has 3 atom stereocenters. The molecule has 2 bridgehead atoms. The van der Waals surface area contributed by atoms with Crippen molar-refractivity contribution < 1.29 is 19.0 Å². The van der Waals surface area contributed by atoms with Crippen LogP contribution in [-0.2, 0) is 19.0 Å². The summed E-state index contributed by atoms with van der Waals surface area (Å²) < 4.78 is 16.5. The highest BCUT2D eigenvalue weighted by molar-refractivity contribution is 7.99. The highest BCUT2D eigenvalue weighted by Crippen LogP contribution is 2.45. The first-order valence-electron chi connectivity index (χ1n) is 4.57. The van der Waals surface area contributed by atoms with Gasteiger partial charge in [-0.15, -0.1) is 11.8 Å². The Balaban J connectivity index is 2.11. The van der Waals surface area contributed by atoms with Crippen LogP contribution in [0.1, 0.15) is 20.8 Å².